The minimum absolute atomic E-state index is 0.0883. The van der Waals surface area contributed by atoms with Crippen molar-refractivity contribution in [3.63, 3.8) is 0 Å². The van der Waals surface area contributed by atoms with E-state index in [1.165, 1.54) is 18.4 Å². The average Bonchev–Trinajstić information content (AvgIpc) is 3.21. The van der Waals surface area contributed by atoms with Crippen molar-refractivity contribution >= 4 is 11.7 Å². The van der Waals surface area contributed by atoms with Crippen LogP contribution in [0.5, 0.6) is 0 Å². The Hall–Kier alpha value is -2.24. The first-order valence-electron chi connectivity index (χ1n) is 6.25. The lowest BCUT2D eigenvalue weighted by atomic mass is 10.1. The van der Waals surface area contributed by atoms with Gasteiger partial charge in [0.2, 0.25) is 0 Å². The molecule has 1 aromatic carbocycles. The number of amidine groups is 1. The maximum atomic E-state index is 11.8. The fourth-order valence-electron chi connectivity index (χ4n) is 1.82. The van der Waals surface area contributed by atoms with Gasteiger partial charge in [0.15, 0.2) is 0 Å². The van der Waals surface area contributed by atoms with Crippen molar-refractivity contribution in [3.8, 4) is 0 Å². The summed E-state index contributed by atoms with van der Waals surface area (Å²) in [5, 5.41) is 8.73. The lowest BCUT2D eigenvalue weighted by molar-refractivity contribution is 0.0959. The van der Waals surface area contributed by atoms with Crippen molar-refractivity contribution < 1.29 is 4.79 Å². The molecule has 2 rings (SSSR count). The summed E-state index contributed by atoms with van der Waals surface area (Å²) in [6.07, 6.45) is 3.75. The Morgan fingerprint density at radius 1 is 1.37 bits per heavy atom. The first-order valence-corrected chi connectivity index (χ1v) is 6.25. The highest BCUT2D eigenvalue weighted by atomic mass is 16.1. The van der Waals surface area contributed by atoms with Crippen LogP contribution in [0.1, 0.15) is 28.8 Å². The van der Waals surface area contributed by atoms with Crippen LogP contribution in [-0.2, 0) is 6.42 Å². The third-order valence-corrected chi connectivity index (χ3v) is 3.05. The Morgan fingerprint density at radius 2 is 2.05 bits per heavy atom. The standard InChI is InChI=1S/C13H17N5O/c14-12(17-18-15)8-16-13(19)11-5-3-10(4-6-11)7-9-1-2-9/h3-6,9H,1-2,7-8H2,(H,16,19)(H3,14,15,17). The smallest absolute Gasteiger partial charge is 0.251 e. The van der Waals surface area contributed by atoms with E-state index in [9.17, 15) is 4.79 Å². The molecule has 19 heavy (non-hydrogen) atoms. The van der Waals surface area contributed by atoms with Crippen molar-refractivity contribution in [1.29, 1.82) is 5.53 Å². The quantitative estimate of drug-likeness (QED) is 0.313. The summed E-state index contributed by atoms with van der Waals surface area (Å²) in [5.41, 5.74) is 13.8. The number of amides is 1. The number of nitrogens with two attached hydrogens (primary N) is 1. The second kappa shape index (κ2) is 6.08. The van der Waals surface area contributed by atoms with Gasteiger partial charge < -0.3 is 11.1 Å². The van der Waals surface area contributed by atoms with E-state index in [1.807, 2.05) is 24.3 Å². The predicted molar refractivity (Wildman–Crippen MR) is 72.0 cm³/mol. The summed E-state index contributed by atoms with van der Waals surface area (Å²) >= 11 is 0. The van der Waals surface area contributed by atoms with Crippen LogP contribution in [0.4, 0.5) is 0 Å². The number of rotatable bonds is 6. The molecule has 1 fully saturated rings. The fraction of sp³-hybridized carbons (Fsp3) is 0.385. The van der Waals surface area contributed by atoms with Gasteiger partial charge in [-0.05, 0) is 42.9 Å². The lowest BCUT2D eigenvalue weighted by Gasteiger charge is -2.05. The number of nitrogens with zero attached hydrogens (tertiary/aromatic N) is 2. The van der Waals surface area contributed by atoms with Crippen LogP contribution >= 0.6 is 0 Å². The second-order valence-corrected chi connectivity index (χ2v) is 4.72. The highest BCUT2D eigenvalue weighted by Crippen LogP contribution is 2.32. The van der Waals surface area contributed by atoms with Gasteiger partial charge in [-0.3, -0.25) is 4.79 Å². The first kappa shape index (κ1) is 13.2. The number of benzene rings is 1. The number of nitrogens with one attached hydrogen (secondary N) is 2. The molecule has 0 aromatic heterocycles. The molecular weight excluding hydrogens is 242 g/mol. The molecule has 6 nitrogen and oxygen atoms in total. The van der Waals surface area contributed by atoms with Gasteiger partial charge in [0.05, 0.1) is 6.54 Å². The number of hydrogen-bond donors (Lipinski definition) is 3. The molecule has 1 saturated carbocycles. The normalized spacial score (nSPS) is 15.1. The topological polar surface area (TPSA) is 104 Å². The summed E-state index contributed by atoms with van der Waals surface area (Å²) < 4.78 is 0. The van der Waals surface area contributed by atoms with E-state index in [-0.39, 0.29) is 18.3 Å². The maximum absolute atomic E-state index is 11.8. The molecule has 1 amide bonds. The molecule has 0 aliphatic heterocycles. The Morgan fingerprint density at radius 3 is 2.63 bits per heavy atom. The van der Waals surface area contributed by atoms with Gasteiger partial charge in [0.1, 0.15) is 5.84 Å². The summed E-state index contributed by atoms with van der Waals surface area (Å²) in [7, 11) is 0. The molecule has 1 aromatic rings. The monoisotopic (exact) mass is 259 g/mol. The van der Waals surface area contributed by atoms with Crippen LogP contribution in [0.2, 0.25) is 0 Å². The zero-order valence-electron chi connectivity index (χ0n) is 10.6. The third kappa shape index (κ3) is 4.17. The van der Waals surface area contributed by atoms with Crippen LogP contribution in [0.15, 0.2) is 34.6 Å². The molecule has 1 aliphatic carbocycles. The summed E-state index contributed by atoms with van der Waals surface area (Å²) in [6, 6.07) is 7.61. The van der Waals surface area contributed by atoms with Gasteiger partial charge in [0.25, 0.3) is 5.91 Å². The van der Waals surface area contributed by atoms with Crippen molar-refractivity contribution in [3.05, 3.63) is 35.4 Å². The second-order valence-electron chi connectivity index (χ2n) is 4.72. The largest absolute Gasteiger partial charge is 0.384 e. The van der Waals surface area contributed by atoms with Gasteiger partial charge in [-0.25, -0.2) is 0 Å². The highest BCUT2D eigenvalue weighted by molar-refractivity contribution is 5.97. The average molecular weight is 259 g/mol. The number of carbonyl (C=O) groups excluding carboxylic acids is 1. The van der Waals surface area contributed by atoms with E-state index in [1.54, 1.807) is 0 Å². The molecule has 0 bridgehead atoms. The summed E-state index contributed by atoms with van der Waals surface area (Å²) in [4.78, 5) is 11.8. The minimum Gasteiger partial charge on any atom is -0.384 e. The molecule has 6 heteroatoms. The molecule has 0 atom stereocenters. The summed E-state index contributed by atoms with van der Waals surface area (Å²) in [6.45, 7) is 0.0883. The van der Waals surface area contributed by atoms with Crippen molar-refractivity contribution in [2.45, 2.75) is 19.3 Å². The van der Waals surface area contributed by atoms with E-state index in [0.717, 1.165) is 12.3 Å². The Labute approximate surface area is 111 Å². The van der Waals surface area contributed by atoms with Crippen LogP contribution in [0.25, 0.3) is 0 Å². The molecular formula is C13H17N5O. The molecule has 1 aliphatic rings. The summed E-state index contributed by atoms with van der Waals surface area (Å²) in [5.74, 6) is 0.735. The number of carbonyl (C=O) groups is 1. The van der Waals surface area contributed by atoms with Gasteiger partial charge >= 0.3 is 0 Å². The van der Waals surface area contributed by atoms with Gasteiger partial charge in [0, 0.05) is 5.56 Å². The van der Waals surface area contributed by atoms with Gasteiger partial charge in [-0.15, -0.1) is 5.10 Å². The zero-order chi connectivity index (χ0) is 13.7. The molecule has 0 radical (unpaired) electrons. The van der Waals surface area contributed by atoms with E-state index in [4.69, 9.17) is 11.3 Å². The van der Waals surface area contributed by atoms with Crippen molar-refractivity contribution in [2.24, 2.45) is 22.0 Å². The SMILES string of the molecule is N=NN=C(N)CNC(=O)c1ccc(CC2CC2)cc1. The zero-order valence-corrected chi connectivity index (χ0v) is 10.6. The molecule has 4 N–H and O–H groups in total. The molecule has 0 heterocycles. The maximum Gasteiger partial charge on any atom is 0.251 e. The molecule has 0 unspecified atom stereocenters. The fourth-order valence-corrected chi connectivity index (χ4v) is 1.82. The highest BCUT2D eigenvalue weighted by Gasteiger charge is 2.21. The van der Waals surface area contributed by atoms with E-state index in [0.29, 0.717) is 5.56 Å². The third-order valence-electron chi connectivity index (χ3n) is 3.05. The minimum atomic E-state index is -0.207. The van der Waals surface area contributed by atoms with E-state index >= 15 is 0 Å². The van der Waals surface area contributed by atoms with Crippen LogP contribution in [0, 0.1) is 11.4 Å². The van der Waals surface area contributed by atoms with Crippen molar-refractivity contribution in [1.82, 2.24) is 5.32 Å². The Kier molecular flexibility index (Phi) is 4.22. The molecule has 0 spiro atoms. The van der Waals surface area contributed by atoms with Gasteiger partial charge in [-0.2, -0.15) is 5.53 Å². The predicted octanol–water partition coefficient (Wildman–Crippen LogP) is 1.67. The van der Waals surface area contributed by atoms with Crippen LogP contribution < -0.4 is 11.1 Å². The Balaban J connectivity index is 1.87. The molecule has 100 valence electrons. The van der Waals surface area contributed by atoms with Crippen LogP contribution in [-0.4, -0.2) is 18.3 Å². The van der Waals surface area contributed by atoms with E-state index < -0.39 is 0 Å². The van der Waals surface area contributed by atoms with Gasteiger partial charge in [-0.1, -0.05) is 17.4 Å². The van der Waals surface area contributed by atoms with E-state index in [2.05, 4.69) is 15.6 Å². The molecule has 0 saturated heterocycles. The number of hydrogen-bond acceptors (Lipinski definition) is 3. The Bertz CT molecular complexity index is 490. The van der Waals surface area contributed by atoms with Crippen molar-refractivity contribution in [2.75, 3.05) is 6.54 Å². The lowest BCUT2D eigenvalue weighted by Crippen LogP contribution is -2.33. The van der Waals surface area contributed by atoms with Crippen LogP contribution in [0.3, 0.4) is 0 Å². The first-order chi connectivity index (χ1) is 9.19.